The zero-order chi connectivity index (χ0) is 12.5. The van der Waals surface area contributed by atoms with E-state index in [0.29, 0.717) is 19.0 Å². The Morgan fingerprint density at radius 3 is 2.83 bits per heavy atom. The topological polar surface area (TPSA) is 42.4 Å². The van der Waals surface area contributed by atoms with Crippen molar-refractivity contribution in [3.63, 3.8) is 0 Å². The summed E-state index contributed by atoms with van der Waals surface area (Å²) in [5.41, 5.74) is 0.928. The van der Waals surface area contributed by atoms with Gasteiger partial charge in [0, 0.05) is 18.4 Å². The highest BCUT2D eigenvalue weighted by atomic mass is 16.5. The number of carbonyl (C=O) groups excluding carboxylic acids is 1. The third kappa shape index (κ3) is 2.01. The van der Waals surface area contributed by atoms with Crippen molar-refractivity contribution in [1.29, 1.82) is 0 Å². The molecule has 1 aliphatic heterocycles. The number of rotatable bonds is 2. The van der Waals surface area contributed by atoms with Crippen LogP contribution in [0.15, 0.2) is 36.4 Å². The SMILES string of the molecule is CC(=O)N1CC(Oc2ccc3ccccc3n2)C1. The normalized spacial score (nSPS) is 15.5. The van der Waals surface area contributed by atoms with Gasteiger partial charge in [-0.1, -0.05) is 18.2 Å². The number of hydrogen-bond acceptors (Lipinski definition) is 3. The van der Waals surface area contributed by atoms with E-state index >= 15 is 0 Å². The Balaban J connectivity index is 1.70. The third-order valence-electron chi connectivity index (χ3n) is 3.15. The Kier molecular flexibility index (Phi) is 2.63. The summed E-state index contributed by atoms with van der Waals surface area (Å²) in [4.78, 5) is 17.3. The molecular weight excluding hydrogens is 228 g/mol. The zero-order valence-corrected chi connectivity index (χ0v) is 10.2. The number of pyridine rings is 1. The number of para-hydroxylation sites is 1. The highest BCUT2D eigenvalue weighted by molar-refractivity contribution is 5.78. The number of likely N-dealkylation sites (tertiary alicyclic amines) is 1. The summed E-state index contributed by atoms with van der Waals surface area (Å²) < 4.78 is 5.73. The molecule has 0 atom stereocenters. The predicted octanol–water partition coefficient (Wildman–Crippen LogP) is 1.84. The number of hydrogen-bond donors (Lipinski definition) is 0. The van der Waals surface area contributed by atoms with Gasteiger partial charge in [-0.05, 0) is 12.1 Å². The lowest BCUT2D eigenvalue weighted by atomic mass is 10.1. The van der Waals surface area contributed by atoms with E-state index in [-0.39, 0.29) is 12.0 Å². The van der Waals surface area contributed by atoms with E-state index in [1.807, 2.05) is 36.4 Å². The van der Waals surface area contributed by atoms with Gasteiger partial charge in [-0.25, -0.2) is 4.98 Å². The first kappa shape index (κ1) is 11.0. The molecule has 0 N–H and O–H groups in total. The number of carbonyl (C=O) groups is 1. The molecule has 1 fully saturated rings. The minimum absolute atomic E-state index is 0.0718. The molecule has 0 radical (unpaired) electrons. The summed E-state index contributed by atoms with van der Waals surface area (Å²) in [6, 6.07) is 11.8. The van der Waals surface area contributed by atoms with Gasteiger partial charge in [-0.15, -0.1) is 0 Å². The smallest absolute Gasteiger partial charge is 0.219 e. The van der Waals surface area contributed by atoms with Crippen molar-refractivity contribution in [1.82, 2.24) is 9.88 Å². The Morgan fingerprint density at radius 2 is 2.06 bits per heavy atom. The lowest BCUT2D eigenvalue weighted by Gasteiger charge is -2.37. The van der Waals surface area contributed by atoms with Crippen LogP contribution in [0.4, 0.5) is 0 Å². The zero-order valence-electron chi connectivity index (χ0n) is 10.2. The number of aromatic nitrogens is 1. The molecule has 1 aromatic heterocycles. The summed E-state index contributed by atoms with van der Waals surface area (Å²) >= 11 is 0. The van der Waals surface area contributed by atoms with Crippen molar-refractivity contribution in [2.45, 2.75) is 13.0 Å². The van der Waals surface area contributed by atoms with Crippen LogP contribution in [0.25, 0.3) is 10.9 Å². The number of benzene rings is 1. The van der Waals surface area contributed by atoms with Crippen LogP contribution in [-0.4, -0.2) is 35.0 Å². The molecule has 0 unspecified atom stereocenters. The average Bonchev–Trinajstić information content (AvgIpc) is 2.32. The van der Waals surface area contributed by atoms with Crippen LogP contribution in [0.5, 0.6) is 5.88 Å². The van der Waals surface area contributed by atoms with Crippen molar-refractivity contribution in [3.8, 4) is 5.88 Å². The minimum atomic E-state index is 0.0718. The van der Waals surface area contributed by atoms with Gasteiger partial charge in [0.2, 0.25) is 11.8 Å². The fourth-order valence-electron chi connectivity index (χ4n) is 2.05. The molecular formula is C14H14N2O2. The summed E-state index contributed by atoms with van der Waals surface area (Å²) in [6.45, 7) is 2.89. The van der Waals surface area contributed by atoms with E-state index in [4.69, 9.17) is 4.74 Å². The molecule has 3 rings (SSSR count). The van der Waals surface area contributed by atoms with Crippen LogP contribution in [0, 0.1) is 0 Å². The number of ether oxygens (including phenoxy) is 1. The molecule has 1 aromatic carbocycles. The predicted molar refractivity (Wildman–Crippen MR) is 68.4 cm³/mol. The summed E-state index contributed by atoms with van der Waals surface area (Å²) in [5, 5.41) is 1.10. The Labute approximate surface area is 105 Å². The van der Waals surface area contributed by atoms with E-state index in [2.05, 4.69) is 4.98 Å². The Bertz CT molecular complexity index is 591. The van der Waals surface area contributed by atoms with E-state index in [1.54, 1.807) is 11.8 Å². The van der Waals surface area contributed by atoms with Crippen LogP contribution < -0.4 is 4.74 Å². The van der Waals surface area contributed by atoms with Crippen molar-refractivity contribution in [2.75, 3.05) is 13.1 Å². The van der Waals surface area contributed by atoms with Crippen LogP contribution in [0.3, 0.4) is 0 Å². The van der Waals surface area contributed by atoms with Crippen LogP contribution in [0.1, 0.15) is 6.92 Å². The van der Waals surface area contributed by atoms with Crippen molar-refractivity contribution >= 4 is 16.8 Å². The molecule has 0 aliphatic carbocycles. The van der Waals surface area contributed by atoms with Gasteiger partial charge in [-0.2, -0.15) is 0 Å². The molecule has 1 saturated heterocycles. The van der Waals surface area contributed by atoms with Gasteiger partial charge in [0.15, 0.2) is 0 Å². The van der Waals surface area contributed by atoms with Gasteiger partial charge < -0.3 is 9.64 Å². The highest BCUT2D eigenvalue weighted by Crippen LogP contribution is 2.19. The average molecular weight is 242 g/mol. The van der Waals surface area contributed by atoms with Gasteiger partial charge in [-0.3, -0.25) is 4.79 Å². The molecule has 18 heavy (non-hydrogen) atoms. The molecule has 2 aromatic rings. The third-order valence-corrected chi connectivity index (χ3v) is 3.15. The second kappa shape index (κ2) is 4.29. The maximum absolute atomic E-state index is 11.1. The van der Waals surface area contributed by atoms with Gasteiger partial charge in [0.05, 0.1) is 18.6 Å². The summed E-state index contributed by atoms with van der Waals surface area (Å²) in [6.07, 6.45) is 0.0718. The largest absolute Gasteiger partial charge is 0.471 e. The summed E-state index contributed by atoms with van der Waals surface area (Å²) in [7, 11) is 0. The fraction of sp³-hybridized carbons (Fsp3) is 0.286. The number of amides is 1. The second-order valence-electron chi connectivity index (χ2n) is 4.51. The number of fused-ring (bicyclic) bond motifs is 1. The van der Waals surface area contributed by atoms with Gasteiger partial charge >= 0.3 is 0 Å². The van der Waals surface area contributed by atoms with Crippen LogP contribution in [0.2, 0.25) is 0 Å². The lowest BCUT2D eigenvalue weighted by Crippen LogP contribution is -2.55. The molecule has 4 nitrogen and oxygen atoms in total. The Hall–Kier alpha value is -2.10. The van der Waals surface area contributed by atoms with E-state index in [0.717, 1.165) is 10.9 Å². The molecule has 4 heteroatoms. The standard InChI is InChI=1S/C14H14N2O2/c1-10(17)16-8-12(9-16)18-14-7-6-11-4-2-3-5-13(11)15-14/h2-7,12H,8-9H2,1H3. The van der Waals surface area contributed by atoms with E-state index in [1.165, 1.54) is 0 Å². The molecule has 1 amide bonds. The van der Waals surface area contributed by atoms with Crippen molar-refractivity contribution < 1.29 is 9.53 Å². The molecule has 0 spiro atoms. The highest BCUT2D eigenvalue weighted by Gasteiger charge is 2.30. The lowest BCUT2D eigenvalue weighted by molar-refractivity contribution is -0.137. The van der Waals surface area contributed by atoms with E-state index < -0.39 is 0 Å². The molecule has 92 valence electrons. The molecule has 0 saturated carbocycles. The first-order valence-corrected chi connectivity index (χ1v) is 6.00. The monoisotopic (exact) mass is 242 g/mol. The van der Waals surface area contributed by atoms with Crippen LogP contribution >= 0.6 is 0 Å². The second-order valence-corrected chi connectivity index (χ2v) is 4.51. The quantitative estimate of drug-likeness (QED) is 0.807. The van der Waals surface area contributed by atoms with E-state index in [9.17, 15) is 4.79 Å². The van der Waals surface area contributed by atoms with Crippen molar-refractivity contribution in [2.24, 2.45) is 0 Å². The molecule has 1 aliphatic rings. The first-order valence-electron chi connectivity index (χ1n) is 6.00. The fourth-order valence-corrected chi connectivity index (χ4v) is 2.05. The van der Waals surface area contributed by atoms with Crippen molar-refractivity contribution in [3.05, 3.63) is 36.4 Å². The maximum Gasteiger partial charge on any atom is 0.219 e. The number of nitrogens with zero attached hydrogens (tertiary/aromatic N) is 2. The molecule has 2 heterocycles. The van der Waals surface area contributed by atoms with Gasteiger partial charge in [0.25, 0.3) is 0 Å². The van der Waals surface area contributed by atoms with Gasteiger partial charge in [0.1, 0.15) is 6.10 Å². The maximum atomic E-state index is 11.1. The Morgan fingerprint density at radius 1 is 1.28 bits per heavy atom. The first-order chi connectivity index (χ1) is 8.72. The van der Waals surface area contributed by atoms with Crippen LogP contribution in [-0.2, 0) is 4.79 Å². The summed E-state index contributed by atoms with van der Waals surface area (Å²) in [5.74, 6) is 0.725. The minimum Gasteiger partial charge on any atom is -0.471 e. The molecule has 0 bridgehead atoms.